The van der Waals surface area contributed by atoms with Gasteiger partial charge in [0.15, 0.2) is 6.67 Å². The van der Waals surface area contributed by atoms with Gasteiger partial charge in [-0.25, -0.2) is 0 Å². The summed E-state index contributed by atoms with van der Waals surface area (Å²) >= 11 is 0. The summed E-state index contributed by atoms with van der Waals surface area (Å²) in [7, 11) is 0. The molecule has 0 atom stereocenters. The molecule has 0 amide bonds. The molecular weight excluding hydrogens is 236 g/mol. The van der Waals surface area contributed by atoms with E-state index in [4.69, 9.17) is 0 Å². The van der Waals surface area contributed by atoms with Crippen LogP contribution >= 0.6 is 0 Å². The highest BCUT2D eigenvalue weighted by Crippen LogP contribution is 2.02. The second-order valence-corrected chi connectivity index (χ2v) is 2.82. The summed E-state index contributed by atoms with van der Waals surface area (Å²) in [5.74, 6) is -1.11. The predicted octanol–water partition coefficient (Wildman–Crippen LogP) is -0.808. The van der Waals surface area contributed by atoms with Crippen LogP contribution in [0.1, 0.15) is 0 Å². The molecule has 2 aromatic heterocycles. The fourth-order valence-corrected chi connectivity index (χ4v) is 1.02. The third kappa shape index (κ3) is 2.19. The van der Waals surface area contributed by atoms with E-state index in [1.165, 1.54) is 0 Å². The van der Waals surface area contributed by atoms with Crippen LogP contribution in [-0.4, -0.2) is 39.4 Å². The first-order chi connectivity index (χ1) is 8.06. The zero-order valence-corrected chi connectivity index (χ0v) is 8.07. The average Bonchev–Trinajstić information content (AvgIpc) is 2.87. The predicted molar refractivity (Wildman–Crippen MR) is 48.8 cm³/mol. The summed E-state index contributed by atoms with van der Waals surface area (Å²) in [5, 5.41) is 27.6. The van der Waals surface area contributed by atoms with Gasteiger partial charge in [-0.1, -0.05) is 9.97 Å². The van der Waals surface area contributed by atoms with Gasteiger partial charge in [-0.3, -0.25) is 0 Å². The van der Waals surface area contributed by atoms with E-state index in [-0.39, 0.29) is 6.67 Å². The third-order valence-electron chi connectivity index (χ3n) is 1.67. The van der Waals surface area contributed by atoms with Crippen LogP contribution in [0.3, 0.4) is 0 Å². The van der Waals surface area contributed by atoms with Crippen LogP contribution in [0.5, 0.6) is 0 Å². The van der Waals surface area contributed by atoms with E-state index in [1.807, 2.05) is 0 Å². The maximum atomic E-state index is 10.3. The maximum Gasteiger partial charge on any atom is 0.491 e. The van der Waals surface area contributed by atoms with Crippen molar-refractivity contribution in [2.75, 3.05) is 0 Å². The van der Waals surface area contributed by atoms with E-state index in [0.717, 1.165) is 22.0 Å². The van der Waals surface area contributed by atoms with Crippen molar-refractivity contribution in [1.29, 1.82) is 0 Å². The molecule has 0 bridgehead atoms. The Morgan fingerprint density at radius 3 is 1.71 bits per heavy atom. The van der Waals surface area contributed by atoms with Gasteiger partial charge in [0.1, 0.15) is 0 Å². The quantitative estimate of drug-likeness (QED) is 0.497. The number of nitrogens with zero attached hydrogens (tertiary/aromatic N) is 8. The molecule has 0 N–H and O–H groups in total. The topological polar surface area (TPSA) is 148 Å². The van der Waals surface area contributed by atoms with Crippen molar-refractivity contribution in [3.05, 3.63) is 32.9 Å². The summed E-state index contributed by atoms with van der Waals surface area (Å²) in [6, 6.07) is 0. The van der Waals surface area contributed by atoms with Crippen molar-refractivity contribution in [2.24, 2.45) is 0 Å². The van der Waals surface area contributed by atoms with Crippen molar-refractivity contribution >= 4 is 11.9 Å². The molecule has 17 heavy (non-hydrogen) atoms. The first-order valence-electron chi connectivity index (χ1n) is 4.14. The van der Waals surface area contributed by atoms with Crippen molar-refractivity contribution in [3.63, 3.8) is 0 Å². The van der Waals surface area contributed by atoms with Gasteiger partial charge in [0, 0.05) is 10.2 Å². The lowest BCUT2D eigenvalue weighted by molar-refractivity contribution is -0.394. The zero-order chi connectivity index (χ0) is 12.4. The minimum absolute atomic E-state index is 0.0539. The molecule has 2 heterocycles. The largest absolute Gasteiger partial charge is 0.491 e. The molecule has 0 spiro atoms. The van der Waals surface area contributed by atoms with Crippen molar-refractivity contribution < 1.29 is 9.85 Å². The van der Waals surface area contributed by atoms with E-state index in [9.17, 15) is 20.2 Å². The van der Waals surface area contributed by atoms with Crippen molar-refractivity contribution in [3.8, 4) is 0 Å². The monoisotopic (exact) mass is 240 g/mol. The Morgan fingerprint density at radius 1 is 1.00 bits per heavy atom. The van der Waals surface area contributed by atoms with Gasteiger partial charge in [0.25, 0.3) is 0 Å². The van der Waals surface area contributed by atoms with Gasteiger partial charge in [0.05, 0.1) is 0 Å². The molecule has 0 aliphatic carbocycles. The van der Waals surface area contributed by atoms with E-state index in [1.54, 1.807) is 0 Å². The summed E-state index contributed by atoms with van der Waals surface area (Å²) in [6.07, 6.45) is 2.23. The van der Waals surface area contributed by atoms with Crippen LogP contribution < -0.4 is 0 Å². The Labute approximate surface area is 91.8 Å². The molecule has 0 unspecified atom stereocenters. The summed E-state index contributed by atoms with van der Waals surface area (Å²) in [4.78, 5) is 25.9. The van der Waals surface area contributed by atoms with E-state index >= 15 is 0 Å². The first kappa shape index (κ1) is 10.6. The molecule has 0 saturated heterocycles. The van der Waals surface area contributed by atoms with Crippen LogP contribution in [0.25, 0.3) is 0 Å². The van der Waals surface area contributed by atoms with Crippen LogP contribution in [-0.2, 0) is 6.67 Å². The standard InChI is InChI=1S/C5H4N8O4/c14-12(15)4-6-1-10(8-4)3-11-2-7-5(9-11)13(16)17/h1-2H,3H2. The van der Waals surface area contributed by atoms with Crippen molar-refractivity contribution in [2.45, 2.75) is 6.67 Å². The minimum Gasteiger partial charge on any atom is -0.390 e. The molecule has 0 radical (unpaired) electrons. The normalized spacial score (nSPS) is 10.4. The second kappa shape index (κ2) is 3.92. The Balaban J connectivity index is 2.13. The Kier molecular flexibility index (Phi) is 2.44. The number of nitro groups is 2. The van der Waals surface area contributed by atoms with Gasteiger partial charge in [-0.2, -0.15) is 0 Å². The average molecular weight is 240 g/mol. The van der Waals surface area contributed by atoms with Gasteiger partial charge in [0.2, 0.25) is 12.7 Å². The second-order valence-electron chi connectivity index (χ2n) is 2.82. The molecule has 0 aliphatic heterocycles. The summed E-state index contributed by atoms with van der Waals surface area (Å²) in [6.45, 7) is -0.0539. The smallest absolute Gasteiger partial charge is 0.390 e. The SMILES string of the molecule is O=[N+]([O-])c1ncn(Cn2cnc([N+](=O)[O-])n2)n1. The third-order valence-corrected chi connectivity index (χ3v) is 1.67. The number of hydrogen-bond donors (Lipinski definition) is 0. The van der Waals surface area contributed by atoms with E-state index < -0.39 is 21.7 Å². The van der Waals surface area contributed by atoms with E-state index in [2.05, 4.69) is 20.2 Å². The van der Waals surface area contributed by atoms with Gasteiger partial charge >= 0.3 is 11.9 Å². The molecule has 88 valence electrons. The number of rotatable bonds is 4. The van der Waals surface area contributed by atoms with Crippen molar-refractivity contribution in [1.82, 2.24) is 29.5 Å². The van der Waals surface area contributed by atoms with Crippen LogP contribution in [0, 0.1) is 20.2 Å². The lowest BCUT2D eigenvalue weighted by Gasteiger charge is -1.90. The maximum absolute atomic E-state index is 10.3. The first-order valence-corrected chi connectivity index (χ1v) is 4.14. The highest BCUT2D eigenvalue weighted by Gasteiger charge is 2.17. The highest BCUT2D eigenvalue weighted by atomic mass is 16.6. The van der Waals surface area contributed by atoms with Gasteiger partial charge in [-0.05, 0) is 9.85 Å². The molecule has 0 fully saturated rings. The minimum atomic E-state index is -0.750. The molecule has 12 heteroatoms. The highest BCUT2D eigenvalue weighted by molar-refractivity contribution is 4.98. The lowest BCUT2D eigenvalue weighted by Crippen LogP contribution is -2.09. The zero-order valence-electron chi connectivity index (χ0n) is 8.07. The number of hydrogen-bond acceptors (Lipinski definition) is 8. The molecule has 0 saturated carbocycles. The van der Waals surface area contributed by atoms with Crippen LogP contribution in [0.2, 0.25) is 0 Å². The lowest BCUT2D eigenvalue weighted by atomic mass is 11.0. The van der Waals surface area contributed by atoms with E-state index in [0.29, 0.717) is 0 Å². The molecule has 0 aromatic carbocycles. The van der Waals surface area contributed by atoms with Crippen LogP contribution in [0.4, 0.5) is 11.9 Å². The Morgan fingerprint density at radius 2 is 1.41 bits per heavy atom. The fraction of sp³-hybridized carbons (Fsp3) is 0.200. The molecule has 12 nitrogen and oxygen atoms in total. The Bertz CT molecular complexity index is 522. The molecule has 2 aromatic rings. The van der Waals surface area contributed by atoms with Gasteiger partial charge in [-0.15, -0.1) is 9.36 Å². The molecule has 0 aliphatic rings. The molecular formula is C5H4N8O4. The summed E-state index contributed by atoms with van der Waals surface area (Å²) in [5.41, 5.74) is 0. The van der Waals surface area contributed by atoms with Crippen LogP contribution in [0.15, 0.2) is 12.7 Å². The fourth-order valence-electron chi connectivity index (χ4n) is 1.02. The number of aromatic nitrogens is 6. The Hall–Kier alpha value is -2.92. The van der Waals surface area contributed by atoms with Gasteiger partial charge < -0.3 is 20.2 Å². The summed E-state index contributed by atoms with van der Waals surface area (Å²) < 4.78 is 2.22. The molecule has 2 rings (SSSR count).